The van der Waals surface area contributed by atoms with Gasteiger partial charge in [0.05, 0.1) is 0 Å². The Bertz CT molecular complexity index is 332. The molecule has 0 atom stereocenters. The van der Waals surface area contributed by atoms with Crippen LogP contribution in [0.2, 0.25) is 0 Å². The van der Waals surface area contributed by atoms with Crippen LogP contribution in [0.4, 0.5) is 0 Å². The zero-order valence-electron chi connectivity index (χ0n) is 9.73. The third-order valence-corrected chi connectivity index (χ3v) is 1.57. The van der Waals surface area contributed by atoms with E-state index in [1.807, 2.05) is 60.7 Å². The summed E-state index contributed by atoms with van der Waals surface area (Å²) in [5, 5.41) is 0. The van der Waals surface area contributed by atoms with Gasteiger partial charge in [-0.3, -0.25) is 0 Å². The second kappa shape index (κ2) is 13.4. The zero-order chi connectivity index (χ0) is 13.6. The summed E-state index contributed by atoms with van der Waals surface area (Å²) in [6, 6.07) is 19.6. The van der Waals surface area contributed by atoms with E-state index in [1.165, 1.54) is 0 Å². The Labute approximate surface area is 126 Å². The molecule has 0 radical (unpaired) electrons. The smallest absolute Gasteiger partial charge is 0.172 e. The van der Waals surface area contributed by atoms with Crippen molar-refractivity contribution in [2.75, 3.05) is 6.61 Å². The van der Waals surface area contributed by atoms with Crippen molar-refractivity contribution in [2.24, 2.45) is 0 Å². The molecule has 0 N–H and O–H groups in total. The van der Waals surface area contributed by atoms with Crippen LogP contribution >= 0.6 is 27.9 Å². The maximum atomic E-state index is 5.09. The fourth-order valence-corrected chi connectivity index (χ4v) is 0.955. The molecule has 1 nitrogen and oxygen atoms in total. The number of ether oxygens (including phenoxy) is 1. The number of para-hydroxylation sites is 1. The average molecular weight is 340 g/mol. The van der Waals surface area contributed by atoms with Gasteiger partial charge in [-0.2, -0.15) is 18.2 Å². The van der Waals surface area contributed by atoms with Gasteiger partial charge in [0.25, 0.3) is 0 Å². The maximum absolute atomic E-state index is 5.09. The van der Waals surface area contributed by atoms with Crippen LogP contribution in [0.1, 0.15) is 0 Å². The molecule has 0 aliphatic carbocycles. The molecule has 0 aliphatic heterocycles. The van der Waals surface area contributed by atoms with Crippen molar-refractivity contribution >= 4 is 27.9 Å². The normalized spacial score (nSPS) is 8.22. The first-order valence-corrected chi connectivity index (χ1v) is 11.6. The Kier molecular flexibility index (Phi) is 13.4. The molecule has 0 fully saturated rings. The predicted molar refractivity (Wildman–Crippen MR) is 76.9 cm³/mol. The minimum atomic E-state index is -1.92. The van der Waals surface area contributed by atoms with Gasteiger partial charge in [0.1, 0.15) is 5.75 Å². The van der Waals surface area contributed by atoms with E-state index < -0.39 is 14.7 Å². The summed E-state index contributed by atoms with van der Waals surface area (Å²) in [6.07, 6.45) is 0. The van der Waals surface area contributed by atoms with Gasteiger partial charge in [-0.05, 0) is 18.7 Å². The van der Waals surface area contributed by atoms with Gasteiger partial charge in [0.15, 0.2) is 0 Å². The fraction of sp³-hybridized carbons (Fsp3) is 0.0769. The van der Waals surface area contributed by atoms with Crippen molar-refractivity contribution in [3.8, 4) is 5.75 Å². The number of halogens is 3. The summed E-state index contributed by atoms with van der Waals surface area (Å²) in [4.78, 5) is 0. The van der Waals surface area contributed by atoms with Crippen molar-refractivity contribution in [2.45, 2.75) is 0 Å². The van der Waals surface area contributed by atoms with Crippen LogP contribution in [0.25, 0.3) is 0 Å². The Balaban J connectivity index is 0.000000272. The molecule has 99 valence electrons. The second-order valence-electron chi connectivity index (χ2n) is 2.84. The predicted octanol–water partition coefficient (Wildman–Crippen LogP) is 5.37. The van der Waals surface area contributed by atoms with Crippen LogP contribution in [0, 0.1) is 6.92 Å². The molecule has 0 saturated carbocycles. The van der Waals surface area contributed by atoms with E-state index in [2.05, 4.69) is 6.92 Å². The molecule has 0 aromatic heterocycles. The molecule has 0 heterocycles. The third kappa shape index (κ3) is 14.0. The molecule has 2 aromatic rings. The van der Waals surface area contributed by atoms with Crippen molar-refractivity contribution < 1.29 is 19.4 Å². The molecular weight excluding hydrogens is 326 g/mol. The monoisotopic (exact) mass is 339 g/mol. The molecule has 0 aliphatic rings. The topological polar surface area (TPSA) is 9.23 Å². The first kappa shape index (κ1) is 18.0. The summed E-state index contributed by atoms with van der Waals surface area (Å²) in [5.74, 6) is 0.882. The van der Waals surface area contributed by atoms with Crippen molar-refractivity contribution in [1.82, 2.24) is 0 Å². The molecule has 0 amide bonds. The summed E-state index contributed by atoms with van der Waals surface area (Å²) >= 11 is -1.92. The molecule has 0 saturated heterocycles. The van der Waals surface area contributed by atoms with Crippen LogP contribution in [-0.4, -0.2) is 6.61 Å². The summed E-state index contributed by atoms with van der Waals surface area (Å²) in [7, 11) is 14.9. The van der Waals surface area contributed by atoms with E-state index in [4.69, 9.17) is 32.7 Å². The quantitative estimate of drug-likeness (QED) is 0.527. The summed E-state index contributed by atoms with van der Waals surface area (Å²) in [6.45, 7) is 4.05. The Morgan fingerprint density at radius 2 is 1.50 bits per heavy atom. The van der Waals surface area contributed by atoms with E-state index in [-0.39, 0.29) is 0 Å². The van der Waals surface area contributed by atoms with E-state index >= 15 is 0 Å². The average Bonchev–Trinajstić information content (AvgIpc) is 2.88. The Morgan fingerprint density at radius 3 is 1.83 bits per heavy atom. The fourth-order valence-electron chi connectivity index (χ4n) is 0.955. The van der Waals surface area contributed by atoms with E-state index in [0.717, 1.165) is 5.75 Å². The van der Waals surface area contributed by atoms with Crippen LogP contribution in [0.5, 0.6) is 5.75 Å². The van der Waals surface area contributed by atoms with Gasteiger partial charge in [0, 0.05) is 0 Å². The van der Waals surface area contributed by atoms with Gasteiger partial charge >= 0.3 is 42.6 Å². The minimum absolute atomic E-state index is 0.490. The molecule has 18 heavy (non-hydrogen) atoms. The molecule has 2 rings (SSSR count). The second-order valence-corrected chi connectivity index (χ2v) is 10.6. The number of hydrogen-bond acceptors (Lipinski definition) is 1. The molecule has 0 unspecified atom stereocenters. The summed E-state index contributed by atoms with van der Waals surface area (Å²) in [5.41, 5.74) is 0. The minimum Gasteiger partial charge on any atom is -0.214 e. The zero-order valence-corrected chi connectivity index (χ0v) is 13.6. The third-order valence-electron chi connectivity index (χ3n) is 1.57. The SMILES string of the molecule is [CH2-]COc1ccccc1.[Cl][Ti]([Cl])[Cl].c1cc[cH-]c1. The van der Waals surface area contributed by atoms with Gasteiger partial charge in [-0.1, -0.05) is 18.2 Å². The van der Waals surface area contributed by atoms with Crippen molar-refractivity contribution in [3.63, 3.8) is 0 Å². The van der Waals surface area contributed by atoms with Gasteiger partial charge < -0.3 is 11.7 Å². The molecular formula is C13H14Cl3OTi-2. The van der Waals surface area contributed by atoms with Gasteiger partial charge in [0.2, 0.25) is 0 Å². The van der Waals surface area contributed by atoms with Crippen LogP contribution < -0.4 is 4.74 Å². The number of benzene rings is 1. The first-order valence-electron chi connectivity index (χ1n) is 5.14. The molecule has 5 heteroatoms. The number of rotatable bonds is 2. The van der Waals surface area contributed by atoms with Crippen LogP contribution in [0.3, 0.4) is 0 Å². The Morgan fingerprint density at radius 1 is 1.00 bits per heavy atom. The summed E-state index contributed by atoms with van der Waals surface area (Å²) < 4.78 is 5.09. The standard InChI is InChI=1S/C8H9O.C5H5.3ClH.Ti/c1-2-9-8-6-4-3-5-7-8;1-2-4-5-3-1;;;;/h3-7H,1-2H2;1-5H;3*1H;/q2*-1;;;;+3/p-3. The molecule has 2 aromatic carbocycles. The van der Waals surface area contributed by atoms with Gasteiger partial charge in [-0.25, -0.2) is 12.1 Å². The van der Waals surface area contributed by atoms with Crippen LogP contribution in [-0.2, 0) is 14.7 Å². The van der Waals surface area contributed by atoms with E-state index in [9.17, 15) is 0 Å². The van der Waals surface area contributed by atoms with Gasteiger partial charge in [-0.15, -0.1) is 0 Å². The van der Waals surface area contributed by atoms with E-state index in [1.54, 1.807) is 0 Å². The molecule has 0 bridgehead atoms. The first-order chi connectivity index (χ1) is 8.66. The van der Waals surface area contributed by atoms with Crippen LogP contribution in [0.15, 0.2) is 60.7 Å². The maximum Gasteiger partial charge on any atom is -0.172 e. The van der Waals surface area contributed by atoms with Crippen molar-refractivity contribution in [3.05, 3.63) is 67.6 Å². The van der Waals surface area contributed by atoms with Crippen molar-refractivity contribution in [1.29, 1.82) is 0 Å². The van der Waals surface area contributed by atoms with E-state index in [0.29, 0.717) is 6.61 Å². The largest absolute Gasteiger partial charge is 0.214 e. The molecule has 0 spiro atoms. The Hall–Kier alpha value is -0.0457. The number of hydrogen-bond donors (Lipinski definition) is 0.